The van der Waals surface area contributed by atoms with Crippen LogP contribution in [0.3, 0.4) is 0 Å². The summed E-state index contributed by atoms with van der Waals surface area (Å²) in [7, 11) is -0.234. The molecular formula is C25H52N2O7P+. The van der Waals surface area contributed by atoms with E-state index in [2.05, 4.69) is 5.32 Å². The number of hydrogen-bond donors (Lipinski definition) is 2. The molecule has 0 aliphatic carbocycles. The number of nitrogens with zero attached hydrogens (tertiary/aromatic N) is 1. The van der Waals surface area contributed by atoms with Crippen molar-refractivity contribution in [2.24, 2.45) is 22.2 Å². The lowest BCUT2D eigenvalue weighted by Crippen LogP contribution is -2.48. The van der Waals surface area contributed by atoms with Crippen LogP contribution in [0, 0.1) is 22.2 Å². The summed E-state index contributed by atoms with van der Waals surface area (Å²) in [6.07, 6.45) is 1.02. The molecule has 0 radical (unpaired) electrons. The monoisotopic (exact) mass is 523 g/mol. The minimum atomic E-state index is -4.23. The molecule has 0 spiro atoms. The van der Waals surface area contributed by atoms with Gasteiger partial charge in [0.1, 0.15) is 19.8 Å². The van der Waals surface area contributed by atoms with Gasteiger partial charge in [-0.05, 0) is 44.4 Å². The first-order valence-electron chi connectivity index (χ1n) is 12.7. The quantitative estimate of drug-likeness (QED) is 0.134. The van der Waals surface area contributed by atoms with Gasteiger partial charge >= 0.3 is 13.8 Å². The normalized spacial score (nSPS) is 17.3. The van der Waals surface area contributed by atoms with E-state index < -0.39 is 24.6 Å². The molecule has 0 saturated carbocycles. The summed E-state index contributed by atoms with van der Waals surface area (Å²) in [6, 6.07) is 0. The molecule has 0 aromatic carbocycles. The van der Waals surface area contributed by atoms with Gasteiger partial charge in [-0.3, -0.25) is 18.6 Å². The number of esters is 1. The maximum atomic E-state index is 13.2. The third-order valence-corrected chi connectivity index (χ3v) is 8.47. The lowest BCUT2D eigenvalue weighted by Gasteiger charge is -2.45. The summed E-state index contributed by atoms with van der Waals surface area (Å²) in [5, 5.41) is 2.92. The van der Waals surface area contributed by atoms with E-state index in [-0.39, 0.29) is 37.1 Å². The van der Waals surface area contributed by atoms with Gasteiger partial charge in [0, 0.05) is 12.5 Å². The Kier molecular flexibility index (Phi) is 13.1. The molecule has 208 valence electrons. The summed E-state index contributed by atoms with van der Waals surface area (Å²) in [6.45, 7) is 19.4. The molecule has 0 aromatic rings. The standard InChI is InChI=1S/C25H51N2O7P/c1-12-25(9,24(7,8)19-20(23(4,5)6)21(28)26-13-2)22(29)32-17-18-34-35(30,31)33-16-15-27(10,11)14-3/h20H,12-19H2,1-11H3,(H-,26,28,30,31)/p+1. The Labute approximate surface area is 213 Å². The number of rotatable bonds is 16. The van der Waals surface area contributed by atoms with Crippen LogP contribution in [0.2, 0.25) is 0 Å². The molecule has 0 saturated heterocycles. The van der Waals surface area contributed by atoms with Crippen molar-refractivity contribution in [3.05, 3.63) is 0 Å². The van der Waals surface area contributed by atoms with Crippen LogP contribution in [0.4, 0.5) is 0 Å². The summed E-state index contributed by atoms with van der Waals surface area (Å²) >= 11 is 0. The van der Waals surface area contributed by atoms with Gasteiger partial charge in [-0.15, -0.1) is 0 Å². The molecule has 0 aliphatic heterocycles. The zero-order valence-electron chi connectivity index (χ0n) is 24.0. The fraction of sp³-hybridized carbons (Fsp3) is 0.920. The number of phosphoric acid groups is 1. The van der Waals surface area contributed by atoms with Gasteiger partial charge in [0.05, 0.1) is 32.7 Å². The molecule has 0 aliphatic rings. The Balaban J connectivity index is 5.10. The van der Waals surface area contributed by atoms with Crippen LogP contribution in [-0.4, -0.2) is 74.8 Å². The highest BCUT2D eigenvalue weighted by atomic mass is 31.2. The smallest absolute Gasteiger partial charge is 0.463 e. The molecule has 3 unspecified atom stereocenters. The highest BCUT2D eigenvalue weighted by Gasteiger charge is 2.50. The maximum absolute atomic E-state index is 13.2. The minimum absolute atomic E-state index is 0.0203. The van der Waals surface area contributed by atoms with E-state index in [0.717, 1.165) is 6.54 Å². The van der Waals surface area contributed by atoms with Crippen molar-refractivity contribution in [3.8, 4) is 0 Å². The van der Waals surface area contributed by atoms with Crippen molar-refractivity contribution < 1.29 is 37.3 Å². The molecule has 35 heavy (non-hydrogen) atoms. The Bertz CT molecular complexity index is 734. The number of phosphoric ester groups is 1. The van der Waals surface area contributed by atoms with Crippen molar-refractivity contribution >= 4 is 19.7 Å². The van der Waals surface area contributed by atoms with E-state index in [1.165, 1.54) is 0 Å². The topological polar surface area (TPSA) is 111 Å². The summed E-state index contributed by atoms with van der Waals surface area (Å²) in [5.41, 5.74) is -1.70. The van der Waals surface area contributed by atoms with Crippen molar-refractivity contribution in [1.82, 2.24) is 5.32 Å². The van der Waals surface area contributed by atoms with Gasteiger partial charge in [0.2, 0.25) is 5.91 Å². The molecule has 2 N–H and O–H groups in total. The molecule has 0 fully saturated rings. The van der Waals surface area contributed by atoms with E-state index in [0.29, 0.717) is 30.4 Å². The van der Waals surface area contributed by atoms with Gasteiger partial charge < -0.3 is 19.4 Å². The number of hydrogen-bond acceptors (Lipinski definition) is 6. The number of amides is 1. The van der Waals surface area contributed by atoms with Crippen molar-refractivity contribution in [3.63, 3.8) is 0 Å². The molecule has 0 heterocycles. The lowest BCUT2D eigenvalue weighted by molar-refractivity contribution is -0.888. The Hall–Kier alpha value is -0.990. The average Bonchev–Trinajstić information content (AvgIpc) is 2.73. The largest absolute Gasteiger partial charge is 0.472 e. The van der Waals surface area contributed by atoms with Crippen LogP contribution in [0.25, 0.3) is 0 Å². The molecule has 10 heteroatoms. The van der Waals surface area contributed by atoms with Gasteiger partial charge in [0.15, 0.2) is 0 Å². The van der Waals surface area contributed by atoms with E-state index >= 15 is 0 Å². The highest BCUT2D eigenvalue weighted by molar-refractivity contribution is 7.47. The predicted octanol–water partition coefficient (Wildman–Crippen LogP) is 4.39. The van der Waals surface area contributed by atoms with E-state index in [4.69, 9.17) is 13.8 Å². The number of quaternary nitrogens is 1. The van der Waals surface area contributed by atoms with Crippen LogP contribution in [-0.2, 0) is 27.9 Å². The van der Waals surface area contributed by atoms with E-state index in [1.54, 1.807) is 0 Å². The van der Waals surface area contributed by atoms with E-state index in [1.807, 2.05) is 76.4 Å². The fourth-order valence-corrected chi connectivity index (χ4v) is 4.46. The third-order valence-electron chi connectivity index (χ3n) is 7.46. The first kappa shape index (κ1) is 34.0. The molecular weight excluding hydrogens is 471 g/mol. The third kappa shape index (κ3) is 10.9. The highest BCUT2D eigenvalue weighted by Crippen LogP contribution is 2.49. The SMILES string of the molecule is CCNC(=O)C(CC(C)(C)C(C)(CC)C(=O)OCCOP(=O)(O)OCC[N+](C)(C)CC)C(C)(C)C. The summed E-state index contributed by atoms with van der Waals surface area (Å²) in [5.74, 6) is -0.728. The molecule has 0 rings (SSSR count). The van der Waals surface area contributed by atoms with Crippen molar-refractivity contribution in [2.75, 3.05) is 53.6 Å². The van der Waals surface area contributed by atoms with Crippen LogP contribution >= 0.6 is 7.82 Å². The molecule has 3 atom stereocenters. The second-order valence-electron chi connectivity index (χ2n) is 11.8. The lowest BCUT2D eigenvalue weighted by atomic mass is 9.59. The van der Waals surface area contributed by atoms with Crippen molar-refractivity contribution in [2.45, 2.75) is 75.2 Å². The zero-order chi connectivity index (χ0) is 27.7. The first-order valence-corrected chi connectivity index (χ1v) is 14.2. The Morgan fingerprint density at radius 1 is 0.971 bits per heavy atom. The zero-order valence-corrected chi connectivity index (χ0v) is 24.9. The van der Waals surface area contributed by atoms with Gasteiger partial charge in [-0.25, -0.2) is 4.57 Å². The van der Waals surface area contributed by atoms with Gasteiger partial charge in [-0.2, -0.15) is 0 Å². The molecule has 0 aromatic heterocycles. The number of nitrogens with one attached hydrogen (secondary N) is 1. The Morgan fingerprint density at radius 2 is 1.51 bits per heavy atom. The Morgan fingerprint density at radius 3 is 1.97 bits per heavy atom. The number of likely N-dealkylation sites (N-methyl/N-ethyl adjacent to an activating group) is 1. The van der Waals surface area contributed by atoms with Gasteiger partial charge in [-0.1, -0.05) is 41.5 Å². The predicted molar refractivity (Wildman–Crippen MR) is 139 cm³/mol. The fourth-order valence-electron chi connectivity index (χ4n) is 3.77. The number of carbonyl (C=O) groups is 2. The first-order chi connectivity index (χ1) is 15.8. The van der Waals surface area contributed by atoms with Crippen LogP contribution in [0.5, 0.6) is 0 Å². The molecule has 1 amide bonds. The molecule has 0 bridgehead atoms. The van der Waals surface area contributed by atoms with Crippen LogP contribution < -0.4 is 5.32 Å². The average molecular weight is 524 g/mol. The second kappa shape index (κ2) is 13.5. The second-order valence-corrected chi connectivity index (χ2v) is 13.3. The van der Waals surface area contributed by atoms with E-state index in [9.17, 15) is 19.0 Å². The summed E-state index contributed by atoms with van der Waals surface area (Å²) < 4.78 is 28.2. The van der Waals surface area contributed by atoms with Crippen LogP contribution in [0.15, 0.2) is 0 Å². The van der Waals surface area contributed by atoms with Gasteiger partial charge in [0.25, 0.3) is 0 Å². The summed E-state index contributed by atoms with van der Waals surface area (Å²) in [4.78, 5) is 35.8. The maximum Gasteiger partial charge on any atom is 0.472 e. The number of carbonyl (C=O) groups excluding carboxylic acids is 2. The van der Waals surface area contributed by atoms with Crippen LogP contribution in [0.1, 0.15) is 75.2 Å². The molecule has 9 nitrogen and oxygen atoms in total. The minimum Gasteiger partial charge on any atom is -0.463 e. The number of ether oxygens (including phenoxy) is 1. The van der Waals surface area contributed by atoms with Crippen molar-refractivity contribution in [1.29, 1.82) is 0 Å².